The zero-order chi connectivity index (χ0) is 24.3. The molecule has 33 heavy (non-hydrogen) atoms. The molecular weight excluding hydrogens is 424 g/mol. The number of fused-ring (bicyclic) bond motifs is 1. The highest BCUT2D eigenvalue weighted by Crippen LogP contribution is 2.39. The number of ether oxygens (including phenoxy) is 1. The molecule has 0 bridgehead atoms. The molecule has 174 valence electrons. The molecule has 2 aromatic carbocycles. The molecule has 1 heterocycles. The summed E-state index contributed by atoms with van der Waals surface area (Å²) in [4.78, 5) is 51.3. The van der Waals surface area contributed by atoms with Gasteiger partial charge in [-0.25, -0.2) is 4.79 Å². The van der Waals surface area contributed by atoms with Crippen molar-refractivity contribution in [3.05, 3.63) is 48.0 Å². The van der Waals surface area contributed by atoms with Crippen LogP contribution in [0.15, 0.2) is 42.5 Å². The molecule has 4 amide bonds. The molecule has 0 saturated heterocycles. The quantitative estimate of drug-likeness (QED) is 0.722. The van der Waals surface area contributed by atoms with Gasteiger partial charge in [0.15, 0.2) is 0 Å². The van der Waals surface area contributed by atoms with Gasteiger partial charge in [-0.1, -0.05) is 18.2 Å². The standard InChI is InChI=1S/C24H28N4O5/c1-14(2)33-24(32)27-13-15(3)28(16(4)29)20-10-9-19(11-21(20)27)17-5-7-18(8-6-17)23(31)26-12-22(25)30/h5-11,14-15H,12-13H2,1-4H3,(H2,25,30)(H,26,31). The van der Waals surface area contributed by atoms with Crippen LogP contribution in [-0.4, -0.2) is 49.1 Å². The Labute approximate surface area is 192 Å². The van der Waals surface area contributed by atoms with E-state index in [2.05, 4.69) is 5.32 Å². The van der Waals surface area contributed by atoms with Crippen molar-refractivity contribution in [1.29, 1.82) is 0 Å². The molecule has 2 aromatic rings. The number of rotatable bonds is 5. The number of hydrogen-bond donors (Lipinski definition) is 2. The van der Waals surface area contributed by atoms with Gasteiger partial charge in [0.2, 0.25) is 11.8 Å². The van der Waals surface area contributed by atoms with E-state index in [1.54, 1.807) is 47.9 Å². The van der Waals surface area contributed by atoms with E-state index in [4.69, 9.17) is 10.5 Å². The Morgan fingerprint density at radius 2 is 1.70 bits per heavy atom. The fourth-order valence-corrected chi connectivity index (χ4v) is 3.81. The maximum Gasteiger partial charge on any atom is 0.414 e. The first-order valence-corrected chi connectivity index (χ1v) is 10.7. The minimum Gasteiger partial charge on any atom is -0.446 e. The molecule has 0 spiro atoms. The summed E-state index contributed by atoms with van der Waals surface area (Å²) in [5.74, 6) is -1.14. The number of nitrogens with two attached hydrogens (primary N) is 1. The smallest absolute Gasteiger partial charge is 0.414 e. The van der Waals surface area contributed by atoms with Crippen molar-refractivity contribution in [2.75, 3.05) is 22.9 Å². The Morgan fingerprint density at radius 1 is 1.06 bits per heavy atom. The third kappa shape index (κ3) is 5.31. The van der Waals surface area contributed by atoms with Gasteiger partial charge in [0.25, 0.3) is 5.91 Å². The molecule has 9 nitrogen and oxygen atoms in total. The fourth-order valence-electron chi connectivity index (χ4n) is 3.81. The average molecular weight is 453 g/mol. The van der Waals surface area contributed by atoms with Gasteiger partial charge < -0.3 is 20.7 Å². The second kappa shape index (κ2) is 9.72. The lowest BCUT2D eigenvalue weighted by molar-refractivity contribution is -0.117. The van der Waals surface area contributed by atoms with E-state index in [1.165, 1.54) is 6.92 Å². The number of benzene rings is 2. The number of nitrogens with zero attached hydrogens (tertiary/aromatic N) is 2. The average Bonchev–Trinajstić information content (AvgIpc) is 2.75. The Morgan fingerprint density at radius 3 is 2.27 bits per heavy atom. The van der Waals surface area contributed by atoms with Crippen molar-refractivity contribution in [3.8, 4) is 11.1 Å². The van der Waals surface area contributed by atoms with Crippen LogP contribution < -0.4 is 20.9 Å². The van der Waals surface area contributed by atoms with Crippen LogP contribution >= 0.6 is 0 Å². The molecule has 9 heteroatoms. The van der Waals surface area contributed by atoms with Crippen LogP contribution in [0.2, 0.25) is 0 Å². The van der Waals surface area contributed by atoms with Gasteiger partial charge >= 0.3 is 6.09 Å². The Kier molecular flexibility index (Phi) is 7.01. The van der Waals surface area contributed by atoms with E-state index in [0.29, 0.717) is 23.5 Å². The van der Waals surface area contributed by atoms with E-state index in [-0.39, 0.29) is 24.6 Å². The lowest BCUT2D eigenvalue weighted by Crippen LogP contribution is -2.51. The summed E-state index contributed by atoms with van der Waals surface area (Å²) in [6.07, 6.45) is -0.751. The second-order valence-electron chi connectivity index (χ2n) is 8.21. The van der Waals surface area contributed by atoms with E-state index in [9.17, 15) is 19.2 Å². The summed E-state index contributed by atoms with van der Waals surface area (Å²) in [7, 11) is 0. The van der Waals surface area contributed by atoms with Crippen molar-refractivity contribution in [2.24, 2.45) is 5.73 Å². The third-order valence-corrected chi connectivity index (χ3v) is 5.21. The van der Waals surface area contributed by atoms with E-state index < -0.39 is 17.9 Å². The van der Waals surface area contributed by atoms with E-state index in [0.717, 1.165) is 11.1 Å². The van der Waals surface area contributed by atoms with Gasteiger partial charge in [-0.3, -0.25) is 19.3 Å². The van der Waals surface area contributed by atoms with E-state index >= 15 is 0 Å². The Bertz CT molecular complexity index is 1080. The molecule has 0 fully saturated rings. The topological polar surface area (TPSA) is 122 Å². The van der Waals surface area contributed by atoms with Crippen LogP contribution in [0.1, 0.15) is 38.1 Å². The molecule has 0 radical (unpaired) electrons. The van der Waals surface area contributed by atoms with Gasteiger partial charge in [0, 0.05) is 19.0 Å². The van der Waals surface area contributed by atoms with Crippen molar-refractivity contribution < 1.29 is 23.9 Å². The highest BCUT2D eigenvalue weighted by Gasteiger charge is 2.34. The third-order valence-electron chi connectivity index (χ3n) is 5.21. The summed E-state index contributed by atoms with van der Waals surface area (Å²) in [5, 5.41) is 2.44. The van der Waals surface area contributed by atoms with Gasteiger partial charge in [-0.2, -0.15) is 0 Å². The normalized spacial score (nSPS) is 15.1. The molecule has 3 rings (SSSR count). The summed E-state index contributed by atoms with van der Waals surface area (Å²) >= 11 is 0. The summed E-state index contributed by atoms with van der Waals surface area (Å²) in [6, 6.07) is 12.1. The van der Waals surface area contributed by atoms with Crippen LogP contribution in [0.5, 0.6) is 0 Å². The molecule has 1 atom stereocenters. The first kappa shape index (κ1) is 23.8. The van der Waals surface area contributed by atoms with Crippen LogP contribution in [0.4, 0.5) is 16.2 Å². The monoisotopic (exact) mass is 452 g/mol. The van der Waals surface area contributed by atoms with Crippen LogP contribution in [0.3, 0.4) is 0 Å². The van der Waals surface area contributed by atoms with Gasteiger partial charge in [0.05, 0.1) is 30.1 Å². The lowest BCUT2D eigenvalue weighted by atomic mass is 9.99. The summed E-state index contributed by atoms with van der Waals surface area (Å²) < 4.78 is 5.42. The van der Waals surface area contributed by atoms with Crippen molar-refractivity contribution in [1.82, 2.24) is 5.32 Å². The predicted octanol–water partition coefficient (Wildman–Crippen LogP) is 2.68. The Balaban J connectivity index is 1.96. The number of anilines is 2. The molecule has 3 N–H and O–H groups in total. The molecule has 0 aliphatic carbocycles. The van der Waals surface area contributed by atoms with Crippen molar-refractivity contribution >= 4 is 35.2 Å². The maximum absolute atomic E-state index is 12.8. The fraction of sp³-hybridized carbons (Fsp3) is 0.333. The first-order valence-electron chi connectivity index (χ1n) is 10.7. The predicted molar refractivity (Wildman–Crippen MR) is 125 cm³/mol. The highest BCUT2D eigenvalue weighted by atomic mass is 16.6. The molecule has 0 saturated carbocycles. The Hall–Kier alpha value is -3.88. The molecule has 1 aliphatic rings. The largest absolute Gasteiger partial charge is 0.446 e. The number of amides is 4. The van der Waals surface area contributed by atoms with Crippen LogP contribution in [0.25, 0.3) is 11.1 Å². The van der Waals surface area contributed by atoms with E-state index in [1.807, 2.05) is 25.1 Å². The first-order chi connectivity index (χ1) is 15.6. The van der Waals surface area contributed by atoms with Gasteiger partial charge in [-0.05, 0) is 56.2 Å². The lowest BCUT2D eigenvalue weighted by Gasteiger charge is -2.40. The van der Waals surface area contributed by atoms with Gasteiger partial charge in [-0.15, -0.1) is 0 Å². The van der Waals surface area contributed by atoms with Crippen molar-refractivity contribution in [3.63, 3.8) is 0 Å². The van der Waals surface area contributed by atoms with Crippen LogP contribution in [0, 0.1) is 0 Å². The zero-order valence-corrected chi connectivity index (χ0v) is 19.1. The number of carbonyl (C=O) groups excluding carboxylic acids is 4. The molecule has 0 aromatic heterocycles. The highest BCUT2D eigenvalue weighted by molar-refractivity contribution is 6.03. The number of primary amides is 1. The maximum atomic E-state index is 12.8. The molecular formula is C24H28N4O5. The minimum absolute atomic E-state index is 0.111. The van der Waals surface area contributed by atoms with Gasteiger partial charge in [0.1, 0.15) is 0 Å². The SMILES string of the molecule is CC(=O)N1c2ccc(-c3ccc(C(=O)NCC(N)=O)cc3)cc2N(C(=O)OC(C)C)CC1C. The number of nitrogens with one attached hydrogen (secondary N) is 1. The second-order valence-corrected chi connectivity index (χ2v) is 8.21. The number of carbonyl (C=O) groups is 4. The molecule has 1 aliphatic heterocycles. The van der Waals surface area contributed by atoms with Crippen LogP contribution in [-0.2, 0) is 14.3 Å². The summed E-state index contributed by atoms with van der Waals surface area (Å²) in [6.45, 7) is 7.02. The summed E-state index contributed by atoms with van der Waals surface area (Å²) in [5.41, 5.74) is 8.27. The molecule has 1 unspecified atom stereocenters. The number of hydrogen-bond acceptors (Lipinski definition) is 5. The zero-order valence-electron chi connectivity index (χ0n) is 19.1. The van der Waals surface area contributed by atoms with Crippen molar-refractivity contribution in [2.45, 2.75) is 39.8 Å². The minimum atomic E-state index is -0.622.